The average molecular weight is 418 g/mol. The highest BCUT2D eigenvalue weighted by Gasteiger charge is 2.17. The molecule has 1 aliphatic rings. The first-order valence-electron chi connectivity index (χ1n) is 8.83. The summed E-state index contributed by atoms with van der Waals surface area (Å²) in [5, 5.41) is 13.1. The van der Waals surface area contributed by atoms with Gasteiger partial charge in [-0.2, -0.15) is 0 Å². The van der Waals surface area contributed by atoms with Gasteiger partial charge in [0, 0.05) is 23.7 Å². The van der Waals surface area contributed by atoms with E-state index in [0.717, 1.165) is 67.5 Å². The highest BCUT2D eigenvalue weighted by atomic mass is 35.5. The van der Waals surface area contributed by atoms with Gasteiger partial charge >= 0.3 is 0 Å². The first kappa shape index (κ1) is 23.0. The van der Waals surface area contributed by atoms with Crippen molar-refractivity contribution in [2.45, 2.75) is 33.1 Å². The van der Waals surface area contributed by atoms with Crippen LogP contribution < -0.4 is 5.32 Å². The van der Waals surface area contributed by atoms with E-state index in [-0.39, 0.29) is 24.8 Å². The van der Waals surface area contributed by atoms with E-state index in [1.165, 1.54) is 11.1 Å². The number of hydrogen-bond donors (Lipinski definition) is 1. The Hall–Kier alpha value is -1.07. The van der Waals surface area contributed by atoms with E-state index >= 15 is 0 Å². The van der Waals surface area contributed by atoms with Crippen LogP contribution in [0.4, 0.5) is 5.82 Å². The quantitative estimate of drug-likeness (QED) is 0.727. The number of anilines is 1. The van der Waals surface area contributed by atoms with Crippen molar-refractivity contribution in [2.24, 2.45) is 0 Å². The van der Waals surface area contributed by atoms with E-state index in [9.17, 15) is 0 Å². The molecule has 1 N–H and O–H groups in total. The van der Waals surface area contributed by atoms with Gasteiger partial charge in [-0.3, -0.25) is 0 Å². The van der Waals surface area contributed by atoms with Gasteiger partial charge in [0.2, 0.25) is 0 Å². The topological polar surface area (TPSA) is 41.0 Å². The number of halogens is 3. The minimum absolute atomic E-state index is 0. The molecule has 1 aromatic heterocycles. The van der Waals surface area contributed by atoms with Crippen LogP contribution in [0.5, 0.6) is 0 Å². The number of fused-ring (bicyclic) bond motifs is 3. The minimum atomic E-state index is 0. The number of rotatable bonds is 6. The molecule has 0 fully saturated rings. The molecular weight excluding hydrogens is 391 g/mol. The Morgan fingerprint density at radius 3 is 2.50 bits per heavy atom. The van der Waals surface area contributed by atoms with Crippen molar-refractivity contribution in [1.82, 2.24) is 15.1 Å². The second kappa shape index (κ2) is 10.9. The lowest BCUT2D eigenvalue weighted by atomic mass is 10.0. The van der Waals surface area contributed by atoms with Crippen LogP contribution in [0.25, 0.3) is 11.3 Å². The predicted octanol–water partition coefficient (Wildman–Crippen LogP) is 4.88. The van der Waals surface area contributed by atoms with E-state index in [4.69, 9.17) is 11.6 Å². The van der Waals surface area contributed by atoms with Crippen molar-refractivity contribution in [3.8, 4) is 11.3 Å². The lowest BCUT2D eigenvalue weighted by molar-refractivity contribution is 0.316. The van der Waals surface area contributed by atoms with E-state index in [0.29, 0.717) is 0 Å². The van der Waals surface area contributed by atoms with Gasteiger partial charge in [0.25, 0.3) is 0 Å². The van der Waals surface area contributed by atoms with E-state index in [1.807, 2.05) is 12.1 Å². The smallest absolute Gasteiger partial charge is 0.149 e. The molecule has 1 aromatic carbocycles. The van der Waals surface area contributed by atoms with Gasteiger partial charge in [0.05, 0.1) is 5.69 Å². The summed E-state index contributed by atoms with van der Waals surface area (Å²) >= 11 is 6.19. The van der Waals surface area contributed by atoms with Crippen molar-refractivity contribution < 1.29 is 0 Å². The van der Waals surface area contributed by atoms with Crippen LogP contribution >= 0.6 is 36.4 Å². The molecule has 144 valence electrons. The summed E-state index contributed by atoms with van der Waals surface area (Å²) in [7, 11) is 0. The molecule has 3 rings (SSSR count). The van der Waals surface area contributed by atoms with Crippen molar-refractivity contribution in [2.75, 3.05) is 31.5 Å². The zero-order chi connectivity index (χ0) is 16.9. The summed E-state index contributed by atoms with van der Waals surface area (Å²) in [6, 6.07) is 8.25. The van der Waals surface area contributed by atoms with Gasteiger partial charge in [-0.1, -0.05) is 31.5 Å². The second-order valence-corrected chi connectivity index (χ2v) is 6.65. The summed E-state index contributed by atoms with van der Waals surface area (Å²) in [6.45, 7) is 8.43. The number of likely N-dealkylation sites (N-methyl/N-ethyl adjacent to an activating group) is 1. The lowest BCUT2D eigenvalue weighted by Crippen LogP contribution is -2.28. The number of nitrogens with one attached hydrogen (secondary N) is 1. The maximum absolute atomic E-state index is 6.19. The van der Waals surface area contributed by atoms with Gasteiger partial charge in [0.15, 0.2) is 0 Å². The molecule has 0 radical (unpaired) electrons. The molecule has 0 spiro atoms. The van der Waals surface area contributed by atoms with Crippen molar-refractivity contribution in [3.63, 3.8) is 0 Å². The van der Waals surface area contributed by atoms with Crippen LogP contribution in [0.1, 0.15) is 31.4 Å². The molecule has 0 unspecified atom stereocenters. The van der Waals surface area contributed by atoms with Gasteiger partial charge < -0.3 is 10.2 Å². The molecule has 0 saturated carbocycles. The zero-order valence-corrected chi connectivity index (χ0v) is 17.7. The Balaban J connectivity index is 0.00000169. The molecular formula is C19H27Cl3N4. The van der Waals surface area contributed by atoms with Gasteiger partial charge in [-0.25, -0.2) is 0 Å². The number of aromatic nitrogens is 2. The second-order valence-electron chi connectivity index (χ2n) is 6.21. The number of aryl methyl sites for hydroxylation is 2. The van der Waals surface area contributed by atoms with Crippen LogP contribution in [0.2, 0.25) is 5.02 Å². The Labute approximate surface area is 173 Å². The third-order valence-corrected chi connectivity index (χ3v) is 4.96. The summed E-state index contributed by atoms with van der Waals surface area (Å²) < 4.78 is 0. The largest absolute Gasteiger partial charge is 0.367 e. The van der Waals surface area contributed by atoms with Crippen molar-refractivity contribution in [1.29, 1.82) is 0 Å². The maximum atomic E-state index is 6.19. The molecule has 4 nitrogen and oxygen atoms in total. The number of benzene rings is 1. The number of nitrogens with zero attached hydrogens (tertiary/aromatic N) is 3. The first-order valence-corrected chi connectivity index (χ1v) is 9.20. The molecule has 2 aromatic rings. The molecule has 0 aliphatic heterocycles. The maximum Gasteiger partial charge on any atom is 0.149 e. The molecule has 7 heteroatoms. The highest BCUT2D eigenvalue weighted by Crippen LogP contribution is 2.33. The molecule has 0 saturated heterocycles. The van der Waals surface area contributed by atoms with Crippen LogP contribution in [0.3, 0.4) is 0 Å². The molecule has 1 heterocycles. The van der Waals surface area contributed by atoms with E-state index < -0.39 is 0 Å². The Bertz CT molecular complexity index is 705. The van der Waals surface area contributed by atoms with Gasteiger partial charge in [-0.15, -0.1) is 35.0 Å². The van der Waals surface area contributed by atoms with Gasteiger partial charge in [-0.05, 0) is 61.7 Å². The van der Waals surface area contributed by atoms with E-state index in [2.05, 4.69) is 46.4 Å². The zero-order valence-electron chi connectivity index (χ0n) is 15.3. The third-order valence-electron chi connectivity index (χ3n) is 4.72. The van der Waals surface area contributed by atoms with Crippen molar-refractivity contribution in [3.05, 3.63) is 40.4 Å². The van der Waals surface area contributed by atoms with Crippen LogP contribution in [0.15, 0.2) is 24.3 Å². The Morgan fingerprint density at radius 2 is 1.77 bits per heavy atom. The summed E-state index contributed by atoms with van der Waals surface area (Å²) in [6.07, 6.45) is 3.22. The average Bonchev–Trinajstić information content (AvgIpc) is 2.77. The van der Waals surface area contributed by atoms with Crippen LogP contribution in [0, 0.1) is 0 Å². The fourth-order valence-corrected chi connectivity index (χ4v) is 3.44. The normalized spacial score (nSPS) is 12.3. The van der Waals surface area contributed by atoms with Crippen LogP contribution in [-0.2, 0) is 12.8 Å². The summed E-state index contributed by atoms with van der Waals surface area (Å²) in [5.74, 6) is 0.867. The molecule has 0 amide bonds. The molecule has 1 aliphatic carbocycles. The lowest BCUT2D eigenvalue weighted by Gasteiger charge is -2.18. The molecule has 0 atom stereocenters. The summed E-state index contributed by atoms with van der Waals surface area (Å²) in [4.78, 5) is 2.39. The van der Waals surface area contributed by atoms with Crippen molar-refractivity contribution >= 4 is 42.2 Å². The van der Waals surface area contributed by atoms with Crippen LogP contribution in [-0.4, -0.2) is 41.3 Å². The van der Waals surface area contributed by atoms with E-state index in [1.54, 1.807) is 0 Å². The third kappa shape index (κ3) is 5.46. The fourth-order valence-electron chi connectivity index (χ4n) is 3.27. The van der Waals surface area contributed by atoms with Gasteiger partial charge in [0.1, 0.15) is 5.82 Å². The summed E-state index contributed by atoms with van der Waals surface area (Å²) in [5.41, 5.74) is 4.70. The standard InChI is InChI=1S/C19H25ClN4.2ClH/c1-3-24(4-2)11-10-21-18-12-15-7-5-6-14-8-9-16(20)13-17(14)19(15)23-22-18;;/h8-9,12-13H,3-7,10-11H2,1-2H3,(H,21,22);2*1H. The molecule has 26 heavy (non-hydrogen) atoms. The predicted molar refractivity (Wildman–Crippen MR) is 115 cm³/mol. The first-order chi connectivity index (χ1) is 11.7. The minimum Gasteiger partial charge on any atom is -0.367 e. The molecule has 0 bridgehead atoms. The Kier molecular flexibility index (Phi) is 9.66. The Morgan fingerprint density at radius 1 is 1.04 bits per heavy atom. The number of hydrogen-bond acceptors (Lipinski definition) is 4. The SMILES string of the molecule is CCN(CC)CCNc1cc2c(nn1)-c1cc(Cl)ccc1CCC2.Cl.Cl. The monoisotopic (exact) mass is 416 g/mol. The fraction of sp³-hybridized carbons (Fsp3) is 0.474. The highest BCUT2D eigenvalue weighted by molar-refractivity contribution is 6.30.